The Hall–Kier alpha value is -1.78. The van der Waals surface area contributed by atoms with E-state index in [0.29, 0.717) is 5.82 Å². The molecule has 112 valence electrons. The summed E-state index contributed by atoms with van der Waals surface area (Å²) in [4.78, 5) is 10.4. The zero-order valence-electron chi connectivity index (χ0n) is 13.6. The maximum atomic E-state index is 10.4. The number of hydrogen-bond acceptors (Lipinski definition) is 4. The number of nitrogens with zero attached hydrogens (tertiary/aromatic N) is 3. The van der Waals surface area contributed by atoms with E-state index in [1.807, 2.05) is 18.2 Å². The largest absolute Gasteiger partial charge is 0.295 e. The topological polar surface area (TPSA) is 71.5 Å². The van der Waals surface area contributed by atoms with Gasteiger partial charge in [-0.05, 0) is 35.1 Å². The van der Waals surface area contributed by atoms with E-state index in [2.05, 4.69) is 62.2 Å². The van der Waals surface area contributed by atoms with Crippen LogP contribution in [0, 0.1) is 10.8 Å². The van der Waals surface area contributed by atoms with Crippen LogP contribution < -0.4 is 0 Å². The Kier molecular flexibility index (Phi) is 7.04. The number of H-pyrrole nitrogens is 1. The summed E-state index contributed by atoms with van der Waals surface area (Å²) in [6.07, 6.45) is 7.41. The summed E-state index contributed by atoms with van der Waals surface area (Å²) >= 11 is 0. The van der Waals surface area contributed by atoms with Gasteiger partial charge in [0.1, 0.15) is 0 Å². The molecule has 0 bridgehead atoms. The van der Waals surface area contributed by atoms with Gasteiger partial charge in [-0.25, -0.2) is 0 Å². The fourth-order valence-corrected chi connectivity index (χ4v) is 0.932. The van der Waals surface area contributed by atoms with Crippen LogP contribution in [0.5, 0.6) is 0 Å². The first kappa shape index (κ1) is 18.2. The highest BCUT2D eigenvalue weighted by molar-refractivity contribution is 5.87. The van der Waals surface area contributed by atoms with Crippen LogP contribution >= 0.6 is 0 Å². The number of aromatic nitrogens is 4. The van der Waals surface area contributed by atoms with Crippen LogP contribution in [0.15, 0.2) is 18.2 Å². The van der Waals surface area contributed by atoms with Gasteiger partial charge in [-0.3, -0.25) is 4.79 Å². The molecule has 0 aliphatic carbocycles. The van der Waals surface area contributed by atoms with Crippen molar-refractivity contribution in [3.05, 3.63) is 24.1 Å². The van der Waals surface area contributed by atoms with Crippen LogP contribution in [0.3, 0.4) is 0 Å². The average Bonchev–Trinajstić information content (AvgIpc) is 2.75. The highest BCUT2D eigenvalue weighted by atomic mass is 16.1. The minimum atomic E-state index is 0.116. The molecule has 0 aromatic carbocycles. The smallest absolute Gasteiger partial charge is 0.197 e. The predicted octanol–water partition coefficient (Wildman–Crippen LogP) is 3.44. The molecule has 1 heterocycles. The lowest BCUT2D eigenvalue weighted by Crippen LogP contribution is -1.99. The normalized spacial score (nSPS) is 12.6. The van der Waals surface area contributed by atoms with Crippen LogP contribution in [-0.2, 0) is 4.79 Å². The molecule has 0 aliphatic heterocycles. The molecule has 1 aromatic rings. The van der Waals surface area contributed by atoms with Gasteiger partial charge in [-0.2, -0.15) is 5.21 Å². The summed E-state index contributed by atoms with van der Waals surface area (Å²) in [7, 11) is 0. The molecular formula is C15H26N4O. The Morgan fingerprint density at radius 2 is 1.60 bits per heavy atom. The number of nitrogens with one attached hydrogen (secondary N) is 1. The van der Waals surface area contributed by atoms with Crippen LogP contribution in [0.1, 0.15) is 54.3 Å². The molecule has 5 heteroatoms. The minimum absolute atomic E-state index is 0.116. The minimum Gasteiger partial charge on any atom is -0.295 e. The third kappa shape index (κ3) is 12.7. The molecule has 0 radical (unpaired) electrons. The highest BCUT2D eigenvalue weighted by Crippen LogP contribution is 2.15. The molecule has 0 spiro atoms. The van der Waals surface area contributed by atoms with E-state index >= 15 is 0 Å². The highest BCUT2D eigenvalue weighted by Gasteiger charge is 2.04. The van der Waals surface area contributed by atoms with Gasteiger partial charge < -0.3 is 0 Å². The van der Waals surface area contributed by atoms with Crippen LogP contribution in [0.4, 0.5) is 0 Å². The van der Waals surface area contributed by atoms with E-state index in [9.17, 15) is 4.79 Å². The van der Waals surface area contributed by atoms with Gasteiger partial charge in [-0.15, -0.1) is 10.2 Å². The maximum absolute atomic E-state index is 10.4. The standard InChI is InChI=1S/C8H14O.C7H12N4/c1-7(9)5-6-8(2,3)4;1-7(2,3)5-4-6-8-10-11-9-6/h5-6H,1-4H3;4-5H,1-3H3,(H,8,9,10,11)/b6-5+;5-4+. The first-order valence-corrected chi connectivity index (χ1v) is 6.62. The van der Waals surface area contributed by atoms with E-state index in [0.717, 1.165) is 0 Å². The maximum Gasteiger partial charge on any atom is 0.197 e. The zero-order valence-corrected chi connectivity index (χ0v) is 13.6. The van der Waals surface area contributed by atoms with Crippen LogP contribution in [0.2, 0.25) is 0 Å². The van der Waals surface area contributed by atoms with Gasteiger partial charge in [0, 0.05) is 0 Å². The van der Waals surface area contributed by atoms with E-state index in [1.54, 1.807) is 13.0 Å². The SMILES string of the molecule is CC(=O)/C=C/C(C)(C)C.CC(C)(C)/C=C/c1nn[nH]n1. The number of aromatic amines is 1. The number of allylic oxidation sites excluding steroid dienone is 3. The lowest BCUT2D eigenvalue weighted by atomic mass is 9.96. The summed E-state index contributed by atoms with van der Waals surface area (Å²) in [6.45, 7) is 14.1. The van der Waals surface area contributed by atoms with E-state index < -0.39 is 0 Å². The van der Waals surface area contributed by atoms with Gasteiger partial charge in [-0.1, -0.05) is 53.7 Å². The second-order valence-corrected chi connectivity index (χ2v) is 6.78. The summed E-state index contributed by atoms with van der Waals surface area (Å²) < 4.78 is 0. The number of carbonyl (C=O) groups excluding carboxylic acids is 1. The van der Waals surface area contributed by atoms with Crippen molar-refractivity contribution >= 4 is 11.9 Å². The Morgan fingerprint density at radius 3 is 1.90 bits per heavy atom. The number of carbonyl (C=O) groups is 1. The van der Waals surface area contributed by atoms with Gasteiger partial charge in [0.25, 0.3) is 0 Å². The van der Waals surface area contributed by atoms with Crippen molar-refractivity contribution in [3.63, 3.8) is 0 Å². The molecule has 0 aliphatic rings. The second-order valence-electron chi connectivity index (χ2n) is 6.78. The Labute approximate surface area is 121 Å². The van der Waals surface area contributed by atoms with Crippen molar-refractivity contribution in [1.82, 2.24) is 20.6 Å². The molecule has 0 atom stereocenters. The summed E-state index contributed by atoms with van der Waals surface area (Å²) in [5.41, 5.74) is 0.298. The molecule has 0 saturated heterocycles. The van der Waals surface area contributed by atoms with E-state index in [-0.39, 0.29) is 16.6 Å². The molecule has 0 amide bonds. The number of ketones is 1. The molecule has 20 heavy (non-hydrogen) atoms. The first-order valence-electron chi connectivity index (χ1n) is 6.62. The van der Waals surface area contributed by atoms with Crippen molar-refractivity contribution in [2.75, 3.05) is 0 Å². The van der Waals surface area contributed by atoms with Gasteiger partial charge in [0.2, 0.25) is 0 Å². The van der Waals surface area contributed by atoms with Gasteiger partial charge in [0.05, 0.1) is 0 Å². The van der Waals surface area contributed by atoms with Crippen molar-refractivity contribution in [2.45, 2.75) is 48.5 Å². The monoisotopic (exact) mass is 278 g/mol. The van der Waals surface area contributed by atoms with Crippen molar-refractivity contribution in [3.8, 4) is 0 Å². The Morgan fingerprint density at radius 1 is 1.05 bits per heavy atom. The van der Waals surface area contributed by atoms with Crippen molar-refractivity contribution in [2.24, 2.45) is 10.8 Å². The van der Waals surface area contributed by atoms with Crippen LogP contribution in [-0.4, -0.2) is 26.4 Å². The second kappa shape index (κ2) is 7.72. The quantitative estimate of drug-likeness (QED) is 0.841. The van der Waals surface area contributed by atoms with E-state index in [4.69, 9.17) is 0 Å². The number of hydrogen-bond donors (Lipinski definition) is 1. The summed E-state index contributed by atoms with van der Waals surface area (Å²) in [5.74, 6) is 0.741. The summed E-state index contributed by atoms with van der Waals surface area (Å²) in [5, 5.41) is 13.4. The van der Waals surface area contributed by atoms with Crippen LogP contribution in [0.25, 0.3) is 6.08 Å². The van der Waals surface area contributed by atoms with Gasteiger partial charge in [0.15, 0.2) is 11.6 Å². The molecule has 0 saturated carbocycles. The zero-order chi connectivity index (χ0) is 15.8. The Balaban J connectivity index is 0.000000370. The number of tetrazole rings is 1. The third-order valence-electron chi connectivity index (χ3n) is 1.91. The molecule has 5 nitrogen and oxygen atoms in total. The van der Waals surface area contributed by atoms with Gasteiger partial charge >= 0.3 is 0 Å². The predicted molar refractivity (Wildman–Crippen MR) is 81.9 cm³/mol. The molecule has 1 aromatic heterocycles. The molecule has 0 unspecified atom stereocenters. The van der Waals surface area contributed by atoms with Crippen molar-refractivity contribution in [1.29, 1.82) is 0 Å². The third-order valence-corrected chi connectivity index (χ3v) is 1.91. The Bertz CT molecular complexity index is 445. The van der Waals surface area contributed by atoms with Crippen molar-refractivity contribution < 1.29 is 4.79 Å². The molecule has 0 fully saturated rings. The average molecular weight is 278 g/mol. The lowest BCUT2D eigenvalue weighted by Gasteiger charge is -2.09. The first-order chi connectivity index (χ1) is 8.99. The molecule has 1 rings (SSSR count). The molecule has 1 N–H and O–H groups in total. The fraction of sp³-hybridized carbons (Fsp3) is 0.600. The molecular weight excluding hydrogens is 252 g/mol. The summed E-state index contributed by atoms with van der Waals surface area (Å²) in [6, 6.07) is 0. The van der Waals surface area contributed by atoms with E-state index in [1.165, 1.54) is 0 Å². The number of rotatable bonds is 2. The lowest BCUT2D eigenvalue weighted by molar-refractivity contribution is -0.112. The fourth-order valence-electron chi connectivity index (χ4n) is 0.932.